The Morgan fingerprint density at radius 3 is 3.06 bits per heavy atom. The molecule has 1 aliphatic heterocycles. The van der Waals surface area contributed by atoms with E-state index in [-0.39, 0.29) is 5.91 Å². The van der Waals surface area contributed by atoms with Crippen LogP contribution in [0.4, 0.5) is 0 Å². The lowest BCUT2D eigenvalue weighted by Crippen LogP contribution is -2.45. The summed E-state index contributed by atoms with van der Waals surface area (Å²) in [5.41, 5.74) is -0.647. The third kappa shape index (κ3) is 2.63. The Morgan fingerprint density at radius 2 is 2.47 bits per heavy atom. The molecule has 2 heterocycles. The van der Waals surface area contributed by atoms with Gasteiger partial charge in [0.15, 0.2) is 5.82 Å². The van der Waals surface area contributed by atoms with Crippen molar-refractivity contribution in [2.24, 2.45) is 0 Å². The zero-order valence-electron chi connectivity index (χ0n) is 10.2. The van der Waals surface area contributed by atoms with Crippen molar-refractivity contribution in [3.8, 4) is 0 Å². The lowest BCUT2D eigenvalue weighted by Gasteiger charge is -2.27. The molecule has 0 aliphatic carbocycles. The maximum Gasteiger partial charge on any atom is 0.254 e. The van der Waals surface area contributed by atoms with Gasteiger partial charge < -0.3 is 14.2 Å². The highest BCUT2D eigenvalue weighted by molar-refractivity contribution is 5.84. The fourth-order valence-corrected chi connectivity index (χ4v) is 2.02. The SMILES string of the molecule is CN(CCc1ncon1)C(=O)C1(C)CCCO1. The number of ether oxygens (including phenoxy) is 1. The number of hydrogen-bond acceptors (Lipinski definition) is 5. The van der Waals surface area contributed by atoms with E-state index < -0.39 is 5.60 Å². The largest absolute Gasteiger partial charge is 0.365 e. The molecule has 1 atom stereocenters. The molecule has 94 valence electrons. The maximum absolute atomic E-state index is 12.2. The van der Waals surface area contributed by atoms with Gasteiger partial charge in [0.05, 0.1) is 0 Å². The fourth-order valence-electron chi connectivity index (χ4n) is 2.02. The first-order valence-electron chi connectivity index (χ1n) is 5.76. The lowest BCUT2D eigenvalue weighted by molar-refractivity contribution is -0.149. The van der Waals surface area contributed by atoms with Crippen molar-refractivity contribution in [1.82, 2.24) is 15.0 Å². The molecule has 0 saturated carbocycles. The predicted molar refractivity (Wildman–Crippen MR) is 59.2 cm³/mol. The Labute approximate surface area is 99.9 Å². The molecule has 1 unspecified atom stereocenters. The van der Waals surface area contributed by atoms with E-state index in [0.29, 0.717) is 25.4 Å². The molecule has 1 aliphatic rings. The number of amides is 1. The number of rotatable bonds is 4. The number of carbonyl (C=O) groups excluding carboxylic acids is 1. The van der Waals surface area contributed by atoms with Crippen LogP contribution in [0.1, 0.15) is 25.6 Å². The third-order valence-corrected chi connectivity index (χ3v) is 3.10. The van der Waals surface area contributed by atoms with Crippen LogP contribution in [0.5, 0.6) is 0 Å². The molecule has 1 saturated heterocycles. The van der Waals surface area contributed by atoms with E-state index in [1.54, 1.807) is 11.9 Å². The number of aromatic nitrogens is 2. The minimum absolute atomic E-state index is 0.0264. The molecule has 0 spiro atoms. The molecule has 1 aromatic heterocycles. The number of hydrogen-bond donors (Lipinski definition) is 0. The van der Waals surface area contributed by atoms with Crippen LogP contribution in [-0.2, 0) is 16.0 Å². The monoisotopic (exact) mass is 239 g/mol. The maximum atomic E-state index is 12.2. The van der Waals surface area contributed by atoms with Crippen LogP contribution >= 0.6 is 0 Å². The first-order valence-corrected chi connectivity index (χ1v) is 5.76. The van der Waals surface area contributed by atoms with E-state index in [1.165, 1.54) is 6.39 Å². The van der Waals surface area contributed by atoms with Crippen LogP contribution < -0.4 is 0 Å². The summed E-state index contributed by atoms with van der Waals surface area (Å²) in [5, 5.41) is 3.71. The van der Waals surface area contributed by atoms with Crippen LogP contribution in [0.15, 0.2) is 10.9 Å². The molecule has 0 bridgehead atoms. The van der Waals surface area contributed by atoms with Crippen molar-refractivity contribution in [1.29, 1.82) is 0 Å². The summed E-state index contributed by atoms with van der Waals surface area (Å²) in [6.07, 6.45) is 3.62. The van der Waals surface area contributed by atoms with Gasteiger partial charge in [-0.15, -0.1) is 0 Å². The molecule has 2 rings (SSSR count). The van der Waals surface area contributed by atoms with Gasteiger partial charge in [-0.05, 0) is 19.8 Å². The average Bonchev–Trinajstić information content (AvgIpc) is 2.96. The van der Waals surface area contributed by atoms with E-state index >= 15 is 0 Å². The van der Waals surface area contributed by atoms with E-state index in [2.05, 4.69) is 14.7 Å². The second-order valence-corrected chi connectivity index (χ2v) is 4.51. The Hall–Kier alpha value is -1.43. The van der Waals surface area contributed by atoms with Gasteiger partial charge >= 0.3 is 0 Å². The Kier molecular flexibility index (Phi) is 3.42. The van der Waals surface area contributed by atoms with Crippen LogP contribution in [0.2, 0.25) is 0 Å². The first kappa shape index (κ1) is 12.0. The Balaban J connectivity index is 1.87. The molecule has 1 amide bonds. The molecule has 0 radical (unpaired) electrons. The van der Waals surface area contributed by atoms with Gasteiger partial charge in [0.2, 0.25) is 6.39 Å². The van der Waals surface area contributed by atoms with Gasteiger partial charge in [0.1, 0.15) is 5.60 Å². The van der Waals surface area contributed by atoms with Gasteiger partial charge in [0.25, 0.3) is 5.91 Å². The molecule has 6 heteroatoms. The molecule has 17 heavy (non-hydrogen) atoms. The van der Waals surface area contributed by atoms with Crippen molar-refractivity contribution in [3.05, 3.63) is 12.2 Å². The molecule has 6 nitrogen and oxygen atoms in total. The highest BCUT2D eigenvalue weighted by atomic mass is 16.5. The summed E-state index contributed by atoms with van der Waals surface area (Å²) in [6, 6.07) is 0. The quantitative estimate of drug-likeness (QED) is 0.771. The topological polar surface area (TPSA) is 68.5 Å². The van der Waals surface area contributed by atoms with Gasteiger partial charge in [-0.1, -0.05) is 5.16 Å². The number of nitrogens with zero attached hydrogens (tertiary/aromatic N) is 3. The van der Waals surface area contributed by atoms with Gasteiger partial charge in [-0.2, -0.15) is 4.98 Å². The highest BCUT2D eigenvalue weighted by Gasteiger charge is 2.39. The molecule has 0 aromatic carbocycles. The van der Waals surface area contributed by atoms with E-state index in [0.717, 1.165) is 12.8 Å². The standard InChI is InChI=1S/C11H17N3O3/c1-11(5-3-7-16-11)10(15)14(2)6-4-9-12-8-17-13-9/h8H,3-7H2,1-2H3. The Bertz CT molecular complexity index is 371. The number of carbonyl (C=O) groups is 1. The van der Waals surface area contributed by atoms with Gasteiger partial charge in [-0.25, -0.2) is 0 Å². The zero-order chi connectivity index (χ0) is 12.3. The summed E-state index contributed by atoms with van der Waals surface area (Å²) in [7, 11) is 1.77. The van der Waals surface area contributed by atoms with Gasteiger partial charge in [0, 0.05) is 26.6 Å². The highest BCUT2D eigenvalue weighted by Crippen LogP contribution is 2.26. The second kappa shape index (κ2) is 4.83. The smallest absolute Gasteiger partial charge is 0.254 e. The summed E-state index contributed by atoms with van der Waals surface area (Å²) >= 11 is 0. The van der Waals surface area contributed by atoms with Crippen molar-refractivity contribution in [3.63, 3.8) is 0 Å². The predicted octanol–water partition coefficient (Wildman–Crippen LogP) is 0.640. The molecule has 0 N–H and O–H groups in total. The lowest BCUT2D eigenvalue weighted by atomic mass is 10.0. The number of likely N-dealkylation sites (N-methyl/N-ethyl adjacent to an activating group) is 1. The third-order valence-electron chi connectivity index (χ3n) is 3.10. The van der Waals surface area contributed by atoms with Crippen LogP contribution in [0.25, 0.3) is 0 Å². The summed E-state index contributed by atoms with van der Waals surface area (Å²) in [6.45, 7) is 3.09. The first-order chi connectivity index (χ1) is 8.12. The van der Waals surface area contributed by atoms with E-state index in [4.69, 9.17) is 4.74 Å². The fraction of sp³-hybridized carbons (Fsp3) is 0.727. The van der Waals surface area contributed by atoms with E-state index in [1.807, 2.05) is 6.92 Å². The van der Waals surface area contributed by atoms with E-state index in [9.17, 15) is 4.79 Å². The van der Waals surface area contributed by atoms with Crippen molar-refractivity contribution in [2.75, 3.05) is 20.2 Å². The normalized spacial score (nSPS) is 23.9. The van der Waals surface area contributed by atoms with Crippen LogP contribution in [-0.4, -0.2) is 46.7 Å². The van der Waals surface area contributed by atoms with Crippen LogP contribution in [0, 0.1) is 0 Å². The van der Waals surface area contributed by atoms with Crippen molar-refractivity contribution in [2.45, 2.75) is 31.8 Å². The Morgan fingerprint density at radius 1 is 1.65 bits per heavy atom. The van der Waals surface area contributed by atoms with Crippen LogP contribution in [0.3, 0.4) is 0 Å². The molecule has 1 fully saturated rings. The van der Waals surface area contributed by atoms with Crippen molar-refractivity contribution >= 4 is 5.91 Å². The summed E-state index contributed by atoms with van der Waals surface area (Å²) in [5.74, 6) is 0.639. The molecule has 1 aromatic rings. The molecular weight excluding hydrogens is 222 g/mol. The average molecular weight is 239 g/mol. The minimum atomic E-state index is -0.647. The minimum Gasteiger partial charge on any atom is -0.365 e. The van der Waals surface area contributed by atoms with Crippen molar-refractivity contribution < 1.29 is 14.1 Å². The summed E-state index contributed by atoms with van der Waals surface area (Å²) < 4.78 is 10.2. The van der Waals surface area contributed by atoms with Gasteiger partial charge in [-0.3, -0.25) is 4.79 Å². The summed E-state index contributed by atoms with van der Waals surface area (Å²) in [4.78, 5) is 17.7. The second-order valence-electron chi connectivity index (χ2n) is 4.51. The molecular formula is C11H17N3O3. The zero-order valence-corrected chi connectivity index (χ0v) is 10.2.